The number of carbonyl (C=O) groups excluding carboxylic acids is 2. The second kappa shape index (κ2) is 8.54. The van der Waals surface area contributed by atoms with Gasteiger partial charge >= 0.3 is 0 Å². The first-order valence-electron chi connectivity index (χ1n) is 9.71. The van der Waals surface area contributed by atoms with E-state index in [1.165, 1.54) is 24.5 Å². The summed E-state index contributed by atoms with van der Waals surface area (Å²) in [6.45, 7) is 3.68. The summed E-state index contributed by atoms with van der Waals surface area (Å²) < 4.78 is 27.2. The quantitative estimate of drug-likeness (QED) is 0.764. The van der Waals surface area contributed by atoms with E-state index in [-0.39, 0.29) is 23.3 Å². The molecule has 1 N–H and O–H groups in total. The van der Waals surface area contributed by atoms with Crippen LogP contribution in [0.1, 0.15) is 24.8 Å². The molecular weight excluding hydrogens is 392 g/mol. The molecule has 2 heterocycles. The Bertz CT molecular complexity index is 890. The summed E-state index contributed by atoms with van der Waals surface area (Å²) in [4.78, 5) is 29.3. The molecule has 29 heavy (non-hydrogen) atoms. The van der Waals surface area contributed by atoms with Gasteiger partial charge in [-0.25, -0.2) is 8.42 Å². The Hall–Kier alpha value is -2.39. The van der Waals surface area contributed by atoms with Crippen molar-refractivity contribution in [3.05, 3.63) is 42.2 Å². The molecule has 3 rings (SSSR count). The first-order chi connectivity index (χ1) is 13.7. The van der Waals surface area contributed by atoms with Crippen LogP contribution in [0.2, 0.25) is 0 Å². The number of nitrogens with zero attached hydrogens (tertiary/aromatic N) is 3. The van der Waals surface area contributed by atoms with Gasteiger partial charge in [0, 0.05) is 25.5 Å². The zero-order valence-corrected chi connectivity index (χ0v) is 17.9. The van der Waals surface area contributed by atoms with E-state index in [4.69, 9.17) is 0 Å². The first-order valence-corrected chi connectivity index (χ1v) is 11.2. The van der Waals surface area contributed by atoms with E-state index in [0.717, 1.165) is 35.8 Å². The fraction of sp³-hybridized carbons (Fsp3) is 0.500. The van der Waals surface area contributed by atoms with Crippen molar-refractivity contribution >= 4 is 21.8 Å². The Balaban J connectivity index is 1.78. The molecule has 1 atom stereocenters. The molecule has 9 heteroatoms. The first kappa shape index (κ1) is 21.3. The van der Waals surface area contributed by atoms with Crippen molar-refractivity contribution in [3.8, 4) is 0 Å². The number of aryl methyl sites for hydroxylation is 1. The van der Waals surface area contributed by atoms with Gasteiger partial charge in [0.1, 0.15) is 6.04 Å². The Labute approximate surface area is 172 Å². The smallest absolute Gasteiger partial charge is 0.264 e. The molecular formula is C20H28N4O4S. The molecule has 1 fully saturated rings. The molecule has 0 radical (unpaired) electrons. The Morgan fingerprint density at radius 3 is 2.45 bits per heavy atom. The number of hydrogen-bond donors (Lipinski definition) is 1. The van der Waals surface area contributed by atoms with Crippen molar-refractivity contribution in [3.63, 3.8) is 0 Å². The molecule has 0 unspecified atom stereocenters. The van der Waals surface area contributed by atoms with E-state index in [0.29, 0.717) is 0 Å². The molecule has 0 aliphatic carbocycles. The summed E-state index contributed by atoms with van der Waals surface area (Å²) in [7, 11) is -0.180. The van der Waals surface area contributed by atoms with Crippen LogP contribution in [0.4, 0.5) is 0 Å². The highest BCUT2D eigenvalue weighted by Crippen LogP contribution is 2.24. The minimum Gasteiger partial charge on any atom is -0.343 e. The minimum absolute atomic E-state index is 0.0866. The lowest BCUT2D eigenvalue weighted by Gasteiger charge is -2.37. The zero-order valence-electron chi connectivity index (χ0n) is 17.0. The summed E-state index contributed by atoms with van der Waals surface area (Å²) in [5.74, 6) is -0.743. The standard InChI is InChI=1S/C20H28N4O4S/c1-15-4-6-17(7-5-15)29(27,28)24-13-10-21-20(26)18(24)14-19(25)23(3)16-8-11-22(2)12-9-16/h4-7,10,13,16,18H,8-9,11-12,14H2,1-3H3,(H,21,26)/t18-/m1/s1. The number of likely N-dealkylation sites (tertiary alicyclic amines) is 1. The lowest BCUT2D eigenvalue weighted by atomic mass is 10.0. The largest absolute Gasteiger partial charge is 0.343 e. The van der Waals surface area contributed by atoms with Gasteiger partial charge in [-0.05, 0) is 52.0 Å². The third-order valence-electron chi connectivity index (χ3n) is 5.65. The number of sulfonamides is 1. The van der Waals surface area contributed by atoms with Gasteiger partial charge < -0.3 is 15.1 Å². The number of hydrogen-bond acceptors (Lipinski definition) is 5. The number of amides is 2. The van der Waals surface area contributed by atoms with Gasteiger partial charge in [0.2, 0.25) is 11.8 Å². The van der Waals surface area contributed by atoms with E-state index in [2.05, 4.69) is 10.2 Å². The summed E-state index contributed by atoms with van der Waals surface area (Å²) >= 11 is 0. The molecule has 158 valence electrons. The predicted octanol–water partition coefficient (Wildman–Crippen LogP) is 0.898. The number of nitrogens with one attached hydrogen (secondary N) is 1. The van der Waals surface area contributed by atoms with Crippen molar-refractivity contribution < 1.29 is 18.0 Å². The molecule has 0 spiro atoms. The fourth-order valence-corrected chi connectivity index (χ4v) is 5.12. The van der Waals surface area contributed by atoms with Crippen molar-refractivity contribution in [2.45, 2.75) is 43.2 Å². The van der Waals surface area contributed by atoms with Crippen LogP contribution in [0.25, 0.3) is 0 Å². The minimum atomic E-state index is -3.96. The zero-order chi connectivity index (χ0) is 21.2. The van der Waals surface area contributed by atoms with Gasteiger partial charge in [0.15, 0.2) is 0 Å². The molecule has 8 nitrogen and oxygen atoms in total. The maximum absolute atomic E-state index is 13.1. The van der Waals surface area contributed by atoms with Gasteiger partial charge in [-0.3, -0.25) is 13.9 Å². The van der Waals surface area contributed by atoms with Crippen molar-refractivity contribution in [1.82, 2.24) is 19.4 Å². The van der Waals surface area contributed by atoms with E-state index in [1.54, 1.807) is 24.1 Å². The number of piperidine rings is 1. The number of benzene rings is 1. The molecule has 0 aromatic heterocycles. The Morgan fingerprint density at radius 1 is 1.21 bits per heavy atom. The maximum Gasteiger partial charge on any atom is 0.264 e. The average Bonchev–Trinajstić information content (AvgIpc) is 2.69. The summed E-state index contributed by atoms with van der Waals surface area (Å²) in [5.41, 5.74) is 0.933. The van der Waals surface area contributed by atoms with E-state index in [9.17, 15) is 18.0 Å². The van der Waals surface area contributed by atoms with E-state index in [1.807, 2.05) is 14.0 Å². The number of carbonyl (C=O) groups is 2. The SMILES string of the molecule is Cc1ccc(S(=O)(=O)N2C=CNC(=O)[C@H]2CC(=O)N(C)C2CCN(C)CC2)cc1. The topological polar surface area (TPSA) is 90.0 Å². The van der Waals surface area contributed by atoms with E-state index >= 15 is 0 Å². The highest BCUT2D eigenvalue weighted by Gasteiger charge is 2.38. The summed E-state index contributed by atoms with van der Waals surface area (Å²) in [5, 5.41) is 2.52. The van der Waals surface area contributed by atoms with Crippen LogP contribution in [-0.2, 0) is 19.6 Å². The molecule has 0 saturated carbocycles. The van der Waals surface area contributed by atoms with Crippen molar-refractivity contribution in [1.29, 1.82) is 0 Å². The lowest BCUT2D eigenvalue weighted by molar-refractivity contribution is -0.137. The second-order valence-electron chi connectivity index (χ2n) is 7.73. The van der Waals surface area contributed by atoms with Gasteiger partial charge in [0.25, 0.3) is 10.0 Å². The third kappa shape index (κ3) is 4.62. The Morgan fingerprint density at radius 2 is 1.83 bits per heavy atom. The lowest BCUT2D eigenvalue weighted by Crippen LogP contribution is -2.52. The van der Waals surface area contributed by atoms with E-state index < -0.39 is 22.0 Å². The van der Waals surface area contributed by atoms with Crippen LogP contribution in [-0.4, -0.2) is 73.6 Å². The Kier molecular flexibility index (Phi) is 6.28. The van der Waals surface area contributed by atoms with Gasteiger partial charge in [-0.2, -0.15) is 0 Å². The molecule has 1 aromatic rings. The highest BCUT2D eigenvalue weighted by molar-refractivity contribution is 7.89. The van der Waals surface area contributed by atoms with Crippen LogP contribution in [0.15, 0.2) is 41.6 Å². The van der Waals surface area contributed by atoms with Gasteiger partial charge in [-0.1, -0.05) is 17.7 Å². The summed E-state index contributed by atoms with van der Waals surface area (Å²) in [6.07, 6.45) is 4.12. The summed E-state index contributed by atoms with van der Waals surface area (Å²) in [6, 6.07) is 5.41. The molecule has 1 saturated heterocycles. The average molecular weight is 421 g/mol. The van der Waals surface area contributed by atoms with Gasteiger partial charge in [-0.15, -0.1) is 0 Å². The van der Waals surface area contributed by atoms with Crippen LogP contribution < -0.4 is 5.32 Å². The van der Waals surface area contributed by atoms with Crippen LogP contribution in [0, 0.1) is 6.92 Å². The van der Waals surface area contributed by atoms with Crippen molar-refractivity contribution in [2.75, 3.05) is 27.2 Å². The monoisotopic (exact) mass is 420 g/mol. The maximum atomic E-state index is 13.1. The fourth-order valence-electron chi connectivity index (χ4n) is 3.67. The molecule has 1 aromatic carbocycles. The molecule has 2 aliphatic rings. The van der Waals surface area contributed by atoms with Crippen LogP contribution in [0.5, 0.6) is 0 Å². The predicted molar refractivity (Wildman–Crippen MR) is 109 cm³/mol. The molecule has 2 amide bonds. The normalized spacial score (nSPS) is 21.1. The van der Waals surface area contributed by atoms with Crippen LogP contribution >= 0.6 is 0 Å². The third-order valence-corrected chi connectivity index (χ3v) is 7.45. The van der Waals surface area contributed by atoms with Crippen LogP contribution in [0.3, 0.4) is 0 Å². The number of rotatable bonds is 5. The highest BCUT2D eigenvalue weighted by atomic mass is 32.2. The molecule has 2 aliphatic heterocycles. The second-order valence-corrected chi connectivity index (χ2v) is 9.57. The molecule has 0 bridgehead atoms. The van der Waals surface area contributed by atoms with Gasteiger partial charge in [0.05, 0.1) is 11.3 Å². The van der Waals surface area contributed by atoms with Crippen molar-refractivity contribution in [2.24, 2.45) is 0 Å².